The standard InChI is InChI=1S/C11H18N2O2/c1-10(2)7-4-5-11(10,3)9(13-15)6-8(7)12-14/h7,14-15H,4-6H2,1-3H3/b12-8?,13-9-/t7-,11+/m1/s1. The largest absolute Gasteiger partial charge is 0.411 e. The van der Waals surface area contributed by atoms with Gasteiger partial charge in [0.05, 0.1) is 11.4 Å². The topological polar surface area (TPSA) is 65.2 Å². The number of hydrogen-bond donors (Lipinski definition) is 2. The fraction of sp³-hybridized carbons (Fsp3) is 0.818. The molecule has 0 radical (unpaired) electrons. The maximum atomic E-state index is 9.07. The summed E-state index contributed by atoms with van der Waals surface area (Å²) < 4.78 is 0. The summed E-state index contributed by atoms with van der Waals surface area (Å²) in [6.45, 7) is 6.48. The molecule has 4 nitrogen and oxygen atoms in total. The second-order valence-corrected chi connectivity index (χ2v) is 5.46. The zero-order valence-corrected chi connectivity index (χ0v) is 9.49. The van der Waals surface area contributed by atoms with Gasteiger partial charge >= 0.3 is 0 Å². The van der Waals surface area contributed by atoms with Crippen molar-refractivity contribution in [2.45, 2.75) is 40.0 Å². The SMILES string of the molecule is CC1(C)[C@@H]2CC[C@@]1(C)/C(=N\O)CC2=NO. The van der Waals surface area contributed by atoms with E-state index in [-0.39, 0.29) is 10.8 Å². The highest BCUT2D eigenvalue weighted by atomic mass is 16.4. The molecule has 2 bridgehead atoms. The fourth-order valence-electron chi connectivity index (χ4n) is 3.34. The Bertz CT molecular complexity index is 346. The number of rotatable bonds is 0. The van der Waals surface area contributed by atoms with Gasteiger partial charge in [0.2, 0.25) is 0 Å². The molecule has 0 spiro atoms. The maximum Gasteiger partial charge on any atom is 0.0692 e. The lowest BCUT2D eigenvalue weighted by Gasteiger charge is -2.46. The van der Waals surface area contributed by atoms with Crippen molar-refractivity contribution in [1.82, 2.24) is 0 Å². The number of nitrogens with zero attached hydrogens (tertiary/aromatic N) is 2. The van der Waals surface area contributed by atoms with E-state index in [1.807, 2.05) is 0 Å². The van der Waals surface area contributed by atoms with Crippen LogP contribution >= 0.6 is 0 Å². The van der Waals surface area contributed by atoms with Crippen LogP contribution in [0.1, 0.15) is 40.0 Å². The molecule has 2 aliphatic rings. The highest BCUT2D eigenvalue weighted by molar-refractivity contribution is 6.11. The molecule has 84 valence electrons. The lowest BCUT2D eigenvalue weighted by molar-refractivity contribution is 0.164. The first kappa shape index (κ1) is 10.5. The third kappa shape index (κ3) is 1.08. The van der Waals surface area contributed by atoms with Crippen molar-refractivity contribution in [2.24, 2.45) is 27.1 Å². The summed E-state index contributed by atoms with van der Waals surface area (Å²) in [5, 5.41) is 24.9. The van der Waals surface area contributed by atoms with Crippen LogP contribution in [0.3, 0.4) is 0 Å². The molecule has 2 fully saturated rings. The first-order valence-corrected chi connectivity index (χ1v) is 5.39. The van der Waals surface area contributed by atoms with Crippen molar-refractivity contribution in [1.29, 1.82) is 0 Å². The van der Waals surface area contributed by atoms with E-state index >= 15 is 0 Å². The molecule has 2 atom stereocenters. The lowest BCUT2D eigenvalue weighted by Crippen LogP contribution is -2.48. The van der Waals surface area contributed by atoms with Gasteiger partial charge in [0.1, 0.15) is 0 Å². The van der Waals surface area contributed by atoms with E-state index in [0.29, 0.717) is 12.3 Å². The Morgan fingerprint density at radius 2 is 1.87 bits per heavy atom. The van der Waals surface area contributed by atoms with E-state index in [4.69, 9.17) is 10.4 Å². The molecule has 2 N–H and O–H groups in total. The predicted octanol–water partition coefficient (Wildman–Crippen LogP) is 2.49. The van der Waals surface area contributed by atoms with Crippen LogP contribution in [-0.2, 0) is 0 Å². The summed E-state index contributed by atoms with van der Waals surface area (Å²) in [5.74, 6) is 0.318. The van der Waals surface area contributed by atoms with Crippen molar-refractivity contribution < 1.29 is 10.4 Å². The Morgan fingerprint density at radius 1 is 1.20 bits per heavy atom. The molecule has 0 saturated heterocycles. The molecular formula is C11H18N2O2. The van der Waals surface area contributed by atoms with Crippen molar-refractivity contribution in [3.8, 4) is 0 Å². The Hall–Kier alpha value is -1.06. The van der Waals surface area contributed by atoms with E-state index in [1.165, 1.54) is 0 Å². The van der Waals surface area contributed by atoms with Gasteiger partial charge in [0.15, 0.2) is 0 Å². The Labute approximate surface area is 89.7 Å². The van der Waals surface area contributed by atoms with Gasteiger partial charge in [0.25, 0.3) is 0 Å². The van der Waals surface area contributed by atoms with Crippen molar-refractivity contribution in [3.63, 3.8) is 0 Å². The number of hydrogen-bond acceptors (Lipinski definition) is 4. The van der Waals surface area contributed by atoms with Gasteiger partial charge in [-0.2, -0.15) is 0 Å². The Kier molecular flexibility index (Phi) is 2.07. The first-order chi connectivity index (χ1) is 6.97. The monoisotopic (exact) mass is 210 g/mol. The van der Waals surface area contributed by atoms with E-state index in [1.54, 1.807) is 0 Å². The van der Waals surface area contributed by atoms with Crippen LogP contribution in [0.5, 0.6) is 0 Å². The first-order valence-electron chi connectivity index (χ1n) is 5.39. The minimum absolute atomic E-state index is 0.00831. The van der Waals surface area contributed by atoms with Crippen molar-refractivity contribution >= 4 is 11.4 Å². The molecule has 0 heterocycles. The molecule has 0 unspecified atom stereocenters. The summed E-state index contributed by atoms with van der Waals surface area (Å²) in [5.41, 5.74) is 1.48. The van der Waals surface area contributed by atoms with Gasteiger partial charge in [-0.15, -0.1) is 0 Å². The average molecular weight is 210 g/mol. The third-order valence-corrected chi connectivity index (χ3v) is 4.86. The number of oxime groups is 2. The van der Waals surface area contributed by atoms with Crippen LogP contribution in [0, 0.1) is 16.7 Å². The van der Waals surface area contributed by atoms with Crippen LogP contribution in [0.15, 0.2) is 10.3 Å². The van der Waals surface area contributed by atoms with Gasteiger partial charge < -0.3 is 10.4 Å². The molecule has 0 aliphatic heterocycles. The third-order valence-electron chi connectivity index (χ3n) is 4.86. The van der Waals surface area contributed by atoms with Crippen LogP contribution in [0.2, 0.25) is 0 Å². The Morgan fingerprint density at radius 3 is 2.40 bits per heavy atom. The Balaban J connectivity index is 2.54. The van der Waals surface area contributed by atoms with E-state index in [2.05, 4.69) is 31.1 Å². The van der Waals surface area contributed by atoms with Crippen LogP contribution in [-0.4, -0.2) is 21.8 Å². The van der Waals surface area contributed by atoms with Gasteiger partial charge in [-0.1, -0.05) is 31.1 Å². The lowest BCUT2D eigenvalue weighted by atomic mass is 9.57. The van der Waals surface area contributed by atoms with Crippen LogP contribution in [0.4, 0.5) is 0 Å². The minimum atomic E-state index is -0.0550. The molecule has 0 amide bonds. The highest BCUT2D eigenvalue weighted by Crippen LogP contribution is 2.60. The molecule has 2 saturated carbocycles. The average Bonchev–Trinajstić information content (AvgIpc) is 2.37. The summed E-state index contributed by atoms with van der Waals surface area (Å²) in [4.78, 5) is 0. The van der Waals surface area contributed by atoms with Gasteiger partial charge in [-0.3, -0.25) is 0 Å². The molecule has 15 heavy (non-hydrogen) atoms. The van der Waals surface area contributed by atoms with Gasteiger partial charge in [-0.25, -0.2) is 0 Å². The normalized spacial score (nSPS) is 43.8. The second kappa shape index (κ2) is 2.97. The van der Waals surface area contributed by atoms with Gasteiger partial charge in [0, 0.05) is 17.8 Å². The molecule has 4 heteroatoms. The van der Waals surface area contributed by atoms with E-state index in [9.17, 15) is 0 Å². The fourth-order valence-corrected chi connectivity index (χ4v) is 3.34. The van der Waals surface area contributed by atoms with Crippen molar-refractivity contribution in [3.05, 3.63) is 0 Å². The van der Waals surface area contributed by atoms with Crippen LogP contribution in [0.25, 0.3) is 0 Å². The summed E-state index contributed by atoms with van der Waals surface area (Å²) in [6.07, 6.45) is 2.53. The van der Waals surface area contributed by atoms with Crippen molar-refractivity contribution in [2.75, 3.05) is 0 Å². The molecular weight excluding hydrogens is 192 g/mol. The molecule has 2 rings (SSSR count). The van der Waals surface area contributed by atoms with E-state index in [0.717, 1.165) is 24.3 Å². The van der Waals surface area contributed by atoms with Gasteiger partial charge in [-0.05, 0) is 18.3 Å². The molecule has 2 aliphatic carbocycles. The molecule has 0 aromatic heterocycles. The smallest absolute Gasteiger partial charge is 0.0692 e. The second-order valence-electron chi connectivity index (χ2n) is 5.46. The molecule has 0 aromatic carbocycles. The van der Waals surface area contributed by atoms with E-state index < -0.39 is 0 Å². The zero-order valence-electron chi connectivity index (χ0n) is 9.49. The zero-order chi connectivity index (χ0) is 11.3. The van der Waals surface area contributed by atoms with Crippen LogP contribution < -0.4 is 0 Å². The quantitative estimate of drug-likeness (QED) is 0.476. The minimum Gasteiger partial charge on any atom is -0.411 e. The predicted molar refractivity (Wildman–Crippen MR) is 57.7 cm³/mol. The summed E-state index contributed by atoms with van der Waals surface area (Å²) in [6, 6.07) is 0. The number of fused-ring (bicyclic) bond motifs is 2. The summed E-state index contributed by atoms with van der Waals surface area (Å²) in [7, 11) is 0. The highest BCUT2D eigenvalue weighted by Gasteiger charge is 2.59. The summed E-state index contributed by atoms with van der Waals surface area (Å²) >= 11 is 0. The maximum absolute atomic E-state index is 9.07. The molecule has 0 aromatic rings.